The van der Waals surface area contributed by atoms with Crippen LogP contribution in [0.2, 0.25) is 0 Å². The maximum atomic E-state index is 12.2. The third kappa shape index (κ3) is 1.40. The Kier molecular flexibility index (Phi) is 2.08. The highest BCUT2D eigenvalue weighted by atomic mass is 16.2. The molecule has 2 aliphatic carbocycles. The van der Waals surface area contributed by atoms with Crippen molar-refractivity contribution in [1.82, 2.24) is 4.90 Å². The van der Waals surface area contributed by atoms with Gasteiger partial charge in [-0.2, -0.15) is 0 Å². The minimum Gasteiger partial charge on any atom is -0.342 e. The van der Waals surface area contributed by atoms with Crippen molar-refractivity contribution >= 4 is 11.7 Å². The molecule has 0 radical (unpaired) electrons. The lowest BCUT2D eigenvalue weighted by Crippen LogP contribution is -2.38. The summed E-state index contributed by atoms with van der Waals surface area (Å²) in [4.78, 5) is 25.7. The molecular weight excluding hydrogens is 190 g/mol. The summed E-state index contributed by atoms with van der Waals surface area (Å²) in [6.45, 7) is 1.84. The molecule has 2 bridgehead atoms. The van der Waals surface area contributed by atoms with E-state index >= 15 is 0 Å². The zero-order valence-electron chi connectivity index (χ0n) is 8.95. The van der Waals surface area contributed by atoms with E-state index in [1.807, 2.05) is 4.90 Å². The number of hydrogen-bond acceptors (Lipinski definition) is 2. The third-order valence-corrected chi connectivity index (χ3v) is 4.30. The van der Waals surface area contributed by atoms with Crippen molar-refractivity contribution in [2.75, 3.05) is 13.1 Å². The Morgan fingerprint density at radius 1 is 1.20 bits per heavy atom. The van der Waals surface area contributed by atoms with Gasteiger partial charge in [-0.05, 0) is 31.6 Å². The van der Waals surface area contributed by atoms with Gasteiger partial charge in [-0.15, -0.1) is 0 Å². The second-order valence-corrected chi connectivity index (χ2v) is 5.25. The highest BCUT2D eigenvalue weighted by Crippen LogP contribution is 2.46. The number of carbonyl (C=O) groups excluding carboxylic acids is 2. The minimum absolute atomic E-state index is 0.0503. The molecule has 1 amide bonds. The van der Waals surface area contributed by atoms with Crippen LogP contribution in [-0.4, -0.2) is 29.7 Å². The number of likely N-dealkylation sites (tertiary alicyclic amines) is 1. The second kappa shape index (κ2) is 3.32. The van der Waals surface area contributed by atoms with Gasteiger partial charge >= 0.3 is 0 Å². The fraction of sp³-hybridized carbons (Fsp3) is 0.833. The number of Topliss-reactive ketones (excluding diaryl/α,β-unsaturated/α-hetero) is 1. The van der Waals surface area contributed by atoms with Gasteiger partial charge in [0.2, 0.25) is 5.91 Å². The summed E-state index contributed by atoms with van der Waals surface area (Å²) in [5.41, 5.74) is 0. The van der Waals surface area contributed by atoms with E-state index in [9.17, 15) is 9.59 Å². The Hall–Kier alpha value is -0.860. The Labute approximate surface area is 89.8 Å². The second-order valence-electron chi connectivity index (χ2n) is 5.25. The number of hydrogen-bond donors (Lipinski definition) is 0. The van der Waals surface area contributed by atoms with Crippen LogP contribution in [0.25, 0.3) is 0 Å². The number of rotatable bonds is 1. The monoisotopic (exact) mass is 207 g/mol. The van der Waals surface area contributed by atoms with Gasteiger partial charge in [0.1, 0.15) is 5.78 Å². The first-order chi connectivity index (χ1) is 7.25. The summed E-state index contributed by atoms with van der Waals surface area (Å²) in [6, 6.07) is 0. The lowest BCUT2D eigenvalue weighted by atomic mass is 9.87. The van der Waals surface area contributed by atoms with Crippen LogP contribution in [0.3, 0.4) is 0 Å². The van der Waals surface area contributed by atoms with Crippen LogP contribution in [0.1, 0.15) is 32.1 Å². The SMILES string of the molecule is O=C1C[C@H]2C[C@@H]1[C@H](C(=O)N1CCCC1)C2. The van der Waals surface area contributed by atoms with E-state index in [4.69, 9.17) is 0 Å². The molecule has 3 aliphatic rings. The van der Waals surface area contributed by atoms with Crippen molar-refractivity contribution in [2.24, 2.45) is 17.8 Å². The van der Waals surface area contributed by atoms with Crippen LogP contribution in [-0.2, 0) is 9.59 Å². The van der Waals surface area contributed by atoms with Gasteiger partial charge in [0.05, 0.1) is 0 Å². The topological polar surface area (TPSA) is 37.4 Å². The molecule has 0 aromatic rings. The molecule has 0 N–H and O–H groups in total. The number of carbonyl (C=O) groups is 2. The van der Waals surface area contributed by atoms with Crippen molar-refractivity contribution in [3.8, 4) is 0 Å². The summed E-state index contributed by atoms with van der Waals surface area (Å²) in [7, 11) is 0. The molecule has 3 heteroatoms. The lowest BCUT2D eigenvalue weighted by molar-refractivity contribution is -0.140. The predicted molar refractivity (Wildman–Crippen MR) is 55.1 cm³/mol. The van der Waals surface area contributed by atoms with E-state index in [0.29, 0.717) is 11.7 Å². The minimum atomic E-state index is 0.0503. The Morgan fingerprint density at radius 3 is 2.53 bits per heavy atom. The highest BCUT2D eigenvalue weighted by molar-refractivity contribution is 5.92. The van der Waals surface area contributed by atoms with Gasteiger partial charge in [-0.3, -0.25) is 9.59 Å². The molecule has 1 heterocycles. The summed E-state index contributed by atoms with van der Waals surface area (Å²) in [5.74, 6) is 1.29. The molecule has 3 nitrogen and oxygen atoms in total. The fourth-order valence-electron chi connectivity index (χ4n) is 3.55. The first kappa shape index (κ1) is 9.37. The number of amides is 1. The van der Waals surface area contributed by atoms with E-state index in [0.717, 1.165) is 45.2 Å². The summed E-state index contributed by atoms with van der Waals surface area (Å²) in [5, 5.41) is 0. The summed E-state index contributed by atoms with van der Waals surface area (Å²) >= 11 is 0. The normalized spacial score (nSPS) is 39.1. The van der Waals surface area contributed by atoms with Crippen molar-refractivity contribution in [3.63, 3.8) is 0 Å². The maximum absolute atomic E-state index is 12.2. The third-order valence-electron chi connectivity index (χ3n) is 4.30. The molecule has 3 rings (SSSR count). The molecule has 3 fully saturated rings. The van der Waals surface area contributed by atoms with Crippen LogP contribution >= 0.6 is 0 Å². The average Bonchev–Trinajstić information content (AvgIpc) is 2.91. The smallest absolute Gasteiger partial charge is 0.226 e. The standard InChI is InChI=1S/C12H17NO2/c14-11-7-8-5-9(11)10(6-8)12(15)13-3-1-2-4-13/h8-10H,1-7H2/t8-,9+,10+/m0/s1. The molecule has 2 saturated carbocycles. The fourth-order valence-corrected chi connectivity index (χ4v) is 3.55. The van der Waals surface area contributed by atoms with E-state index < -0.39 is 0 Å². The molecule has 0 aromatic heterocycles. The molecule has 0 spiro atoms. The van der Waals surface area contributed by atoms with Crippen LogP contribution in [0.5, 0.6) is 0 Å². The van der Waals surface area contributed by atoms with E-state index in [1.54, 1.807) is 0 Å². The van der Waals surface area contributed by atoms with Crippen LogP contribution in [0, 0.1) is 17.8 Å². The van der Waals surface area contributed by atoms with Gasteiger partial charge < -0.3 is 4.90 Å². The summed E-state index contributed by atoms with van der Waals surface area (Å²) in [6.07, 6.45) is 4.99. The summed E-state index contributed by atoms with van der Waals surface area (Å²) < 4.78 is 0. The quantitative estimate of drug-likeness (QED) is 0.648. The number of fused-ring (bicyclic) bond motifs is 2. The Bertz CT molecular complexity index is 307. The molecule has 0 aromatic carbocycles. The van der Waals surface area contributed by atoms with Crippen molar-refractivity contribution in [3.05, 3.63) is 0 Å². The molecule has 1 saturated heterocycles. The first-order valence-electron chi connectivity index (χ1n) is 6.07. The molecular formula is C12H17NO2. The van der Waals surface area contributed by atoms with Crippen LogP contribution < -0.4 is 0 Å². The van der Waals surface area contributed by atoms with E-state index in [2.05, 4.69) is 0 Å². The zero-order valence-corrected chi connectivity index (χ0v) is 8.95. The van der Waals surface area contributed by atoms with Gasteiger partial charge in [-0.25, -0.2) is 0 Å². The van der Waals surface area contributed by atoms with Gasteiger partial charge in [0.15, 0.2) is 0 Å². The van der Waals surface area contributed by atoms with Gasteiger partial charge in [0, 0.05) is 31.3 Å². The lowest BCUT2D eigenvalue weighted by Gasteiger charge is -2.25. The van der Waals surface area contributed by atoms with Gasteiger partial charge in [-0.1, -0.05) is 0 Å². The maximum Gasteiger partial charge on any atom is 0.226 e. The predicted octanol–water partition coefficient (Wildman–Crippen LogP) is 1.22. The van der Waals surface area contributed by atoms with E-state index in [-0.39, 0.29) is 17.7 Å². The zero-order chi connectivity index (χ0) is 10.4. The number of ketones is 1. The Balaban J connectivity index is 1.72. The average molecular weight is 207 g/mol. The molecule has 15 heavy (non-hydrogen) atoms. The Morgan fingerprint density at radius 2 is 1.93 bits per heavy atom. The largest absolute Gasteiger partial charge is 0.342 e. The van der Waals surface area contributed by atoms with Crippen molar-refractivity contribution < 1.29 is 9.59 Å². The van der Waals surface area contributed by atoms with Crippen LogP contribution in [0.15, 0.2) is 0 Å². The highest BCUT2D eigenvalue weighted by Gasteiger charge is 2.49. The van der Waals surface area contributed by atoms with Gasteiger partial charge in [0.25, 0.3) is 0 Å². The van der Waals surface area contributed by atoms with E-state index in [1.165, 1.54) is 0 Å². The van der Waals surface area contributed by atoms with Crippen LogP contribution in [0.4, 0.5) is 0 Å². The molecule has 0 unspecified atom stereocenters. The molecule has 82 valence electrons. The van der Waals surface area contributed by atoms with Crippen molar-refractivity contribution in [2.45, 2.75) is 32.1 Å². The first-order valence-corrected chi connectivity index (χ1v) is 6.07. The molecule has 1 aliphatic heterocycles. The molecule has 3 atom stereocenters. The van der Waals surface area contributed by atoms with Crippen molar-refractivity contribution in [1.29, 1.82) is 0 Å². The number of nitrogens with zero attached hydrogens (tertiary/aromatic N) is 1.